The molecular weight excluding hydrogens is 300 g/mol. The predicted molar refractivity (Wildman–Crippen MR) is 90.8 cm³/mol. The van der Waals surface area contributed by atoms with Crippen LogP contribution < -0.4 is 15.4 Å². The van der Waals surface area contributed by atoms with Gasteiger partial charge in [-0.15, -0.1) is 12.4 Å². The van der Waals surface area contributed by atoms with E-state index in [1.807, 2.05) is 24.3 Å². The summed E-state index contributed by atoms with van der Waals surface area (Å²) in [6.07, 6.45) is 7.74. The Morgan fingerprint density at radius 3 is 2.68 bits per heavy atom. The van der Waals surface area contributed by atoms with Crippen LogP contribution in [0.1, 0.15) is 38.5 Å². The van der Waals surface area contributed by atoms with Crippen molar-refractivity contribution in [2.75, 3.05) is 18.4 Å². The van der Waals surface area contributed by atoms with Crippen molar-refractivity contribution in [1.82, 2.24) is 5.32 Å². The molecule has 1 aromatic carbocycles. The number of ether oxygens (including phenoxy) is 1. The molecule has 0 saturated heterocycles. The van der Waals surface area contributed by atoms with Gasteiger partial charge in [0.05, 0.1) is 12.6 Å². The number of nitrogens with one attached hydrogen (secondary N) is 2. The normalized spacial score (nSPS) is 17.8. The molecule has 0 aliphatic heterocycles. The second-order valence-electron chi connectivity index (χ2n) is 6.17. The summed E-state index contributed by atoms with van der Waals surface area (Å²) in [6.45, 7) is 1.34. The van der Waals surface area contributed by atoms with Gasteiger partial charge in [-0.25, -0.2) is 0 Å². The van der Waals surface area contributed by atoms with Crippen molar-refractivity contribution in [1.29, 1.82) is 0 Å². The molecule has 1 amide bonds. The van der Waals surface area contributed by atoms with Crippen LogP contribution in [0.3, 0.4) is 0 Å². The van der Waals surface area contributed by atoms with Crippen LogP contribution in [-0.4, -0.2) is 25.1 Å². The van der Waals surface area contributed by atoms with E-state index in [2.05, 4.69) is 10.6 Å². The molecule has 2 N–H and O–H groups in total. The van der Waals surface area contributed by atoms with Crippen LogP contribution in [-0.2, 0) is 4.79 Å². The highest BCUT2D eigenvalue weighted by Gasteiger charge is 2.20. The Balaban J connectivity index is 0.00000176. The fourth-order valence-electron chi connectivity index (χ4n) is 2.76. The van der Waals surface area contributed by atoms with E-state index in [0.29, 0.717) is 12.6 Å². The summed E-state index contributed by atoms with van der Waals surface area (Å²) in [4.78, 5) is 11.9. The van der Waals surface area contributed by atoms with Gasteiger partial charge >= 0.3 is 0 Å². The lowest BCUT2D eigenvalue weighted by Gasteiger charge is -2.14. The average molecular weight is 325 g/mol. The third-order valence-corrected chi connectivity index (χ3v) is 4.14. The molecule has 2 fully saturated rings. The van der Waals surface area contributed by atoms with E-state index in [4.69, 9.17) is 4.74 Å². The maximum Gasteiger partial charge on any atom is 0.238 e. The van der Waals surface area contributed by atoms with E-state index < -0.39 is 0 Å². The van der Waals surface area contributed by atoms with Gasteiger partial charge in [0, 0.05) is 11.8 Å². The molecule has 0 radical (unpaired) electrons. The number of hydrogen-bond donors (Lipinski definition) is 2. The summed E-state index contributed by atoms with van der Waals surface area (Å²) < 4.78 is 5.95. The molecule has 5 heteroatoms. The van der Waals surface area contributed by atoms with Gasteiger partial charge in [-0.3, -0.25) is 4.79 Å². The van der Waals surface area contributed by atoms with Gasteiger partial charge < -0.3 is 15.4 Å². The third kappa shape index (κ3) is 5.50. The van der Waals surface area contributed by atoms with Crippen molar-refractivity contribution < 1.29 is 9.53 Å². The topological polar surface area (TPSA) is 50.4 Å². The Morgan fingerprint density at radius 2 is 1.95 bits per heavy atom. The molecule has 2 saturated carbocycles. The van der Waals surface area contributed by atoms with Gasteiger partial charge in [0.15, 0.2) is 0 Å². The molecule has 1 aromatic rings. The van der Waals surface area contributed by atoms with Gasteiger partial charge in [0.25, 0.3) is 0 Å². The molecule has 2 aliphatic rings. The Hall–Kier alpha value is -1.26. The Labute approximate surface area is 138 Å². The summed E-state index contributed by atoms with van der Waals surface area (Å²) in [5.74, 6) is 1.65. The third-order valence-electron chi connectivity index (χ3n) is 4.14. The van der Waals surface area contributed by atoms with Crippen molar-refractivity contribution in [2.45, 2.75) is 44.6 Å². The van der Waals surface area contributed by atoms with Crippen molar-refractivity contribution in [2.24, 2.45) is 5.92 Å². The predicted octanol–water partition coefficient (Wildman–Crippen LogP) is 3.37. The first-order chi connectivity index (χ1) is 10.3. The minimum atomic E-state index is 0. The van der Waals surface area contributed by atoms with Crippen LogP contribution in [0.5, 0.6) is 5.75 Å². The van der Waals surface area contributed by atoms with E-state index in [9.17, 15) is 4.79 Å². The van der Waals surface area contributed by atoms with Gasteiger partial charge in [-0.2, -0.15) is 0 Å². The SMILES string of the molecule is Cl.O=C(CNCC1CC1)Nc1cccc(OC2CCCC2)c1. The minimum absolute atomic E-state index is 0. The molecule has 0 atom stereocenters. The van der Waals surface area contributed by atoms with Crippen LogP contribution >= 0.6 is 12.4 Å². The lowest BCUT2D eigenvalue weighted by molar-refractivity contribution is -0.115. The van der Waals surface area contributed by atoms with Gasteiger partial charge in [0.2, 0.25) is 5.91 Å². The van der Waals surface area contributed by atoms with Gasteiger partial charge in [-0.1, -0.05) is 6.07 Å². The zero-order valence-corrected chi connectivity index (χ0v) is 13.7. The zero-order valence-electron chi connectivity index (χ0n) is 12.8. The first kappa shape index (κ1) is 17.1. The van der Waals surface area contributed by atoms with Crippen molar-refractivity contribution in [3.8, 4) is 5.75 Å². The lowest BCUT2D eigenvalue weighted by Crippen LogP contribution is -2.29. The van der Waals surface area contributed by atoms with E-state index in [1.54, 1.807) is 0 Å². The van der Waals surface area contributed by atoms with E-state index >= 15 is 0 Å². The fraction of sp³-hybridized carbons (Fsp3) is 0.588. The molecule has 0 spiro atoms. The quantitative estimate of drug-likeness (QED) is 0.808. The number of hydrogen-bond acceptors (Lipinski definition) is 3. The fourth-order valence-corrected chi connectivity index (χ4v) is 2.76. The summed E-state index contributed by atoms with van der Waals surface area (Å²) in [7, 11) is 0. The second-order valence-corrected chi connectivity index (χ2v) is 6.17. The number of halogens is 1. The average Bonchev–Trinajstić information content (AvgIpc) is 3.14. The molecule has 0 unspecified atom stereocenters. The van der Waals surface area contributed by atoms with Gasteiger partial charge in [-0.05, 0) is 63.1 Å². The van der Waals surface area contributed by atoms with Crippen molar-refractivity contribution in [3.05, 3.63) is 24.3 Å². The molecule has 4 nitrogen and oxygen atoms in total. The number of carbonyl (C=O) groups is 1. The standard InChI is InChI=1S/C17H24N2O2.ClH/c20-17(12-18-11-13-8-9-13)19-14-4-3-7-16(10-14)21-15-5-1-2-6-15;/h3-4,7,10,13,15,18H,1-2,5-6,8-9,11-12H2,(H,19,20);1H. The first-order valence-electron chi connectivity index (χ1n) is 8.07. The van der Waals surface area contributed by atoms with E-state index in [1.165, 1.54) is 25.7 Å². The largest absolute Gasteiger partial charge is 0.490 e. The Bertz CT molecular complexity index is 485. The number of carbonyl (C=O) groups excluding carboxylic acids is 1. The van der Waals surface area contributed by atoms with Crippen molar-refractivity contribution in [3.63, 3.8) is 0 Å². The Kier molecular flexibility index (Phi) is 6.52. The summed E-state index contributed by atoms with van der Waals surface area (Å²) in [5.41, 5.74) is 0.809. The number of benzene rings is 1. The summed E-state index contributed by atoms with van der Waals surface area (Å²) >= 11 is 0. The van der Waals surface area contributed by atoms with Crippen molar-refractivity contribution >= 4 is 24.0 Å². The summed E-state index contributed by atoms with van der Waals surface area (Å²) in [5, 5.41) is 6.12. The number of anilines is 1. The van der Waals surface area contributed by atoms with Gasteiger partial charge in [0.1, 0.15) is 5.75 Å². The zero-order chi connectivity index (χ0) is 14.5. The Morgan fingerprint density at radius 1 is 1.18 bits per heavy atom. The maximum atomic E-state index is 11.9. The molecule has 0 bridgehead atoms. The molecule has 0 heterocycles. The monoisotopic (exact) mass is 324 g/mol. The maximum absolute atomic E-state index is 11.9. The van der Waals surface area contributed by atoms with Crippen LogP contribution in [0.2, 0.25) is 0 Å². The molecule has 2 aliphatic carbocycles. The van der Waals surface area contributed by atoms with E-state index in [-0.39, 0.29) is 18.3 Å². The van der Waals surface area contributed by atoms with Crippen LogP contribution in [0.4, 0.5) is 5.69 Å². The second kappa shape index (κ2) is 8.39. The highest BCUT2D eigenvalue weighted by molar-refractivity contribution is 5.92. The van der Waals surface area contributed by atoms with E-state index in [0.717, 1.165) is 36.7 Å². The molecule has 122 valence electrons. The number of rotatable bonds is 7. The summed E-state index contributed by atoms with van der Waals surface area (Å²) in [6, 6.07) is 7.70. The lowest BCUT2D eigenvalue weighted by atomic mass is 10.2. The molecule has 0 aromatic heterocycles. The van der Waals surface area contributed by atoms with Crippen LogP contribution in [0, 0.1) is 5.92 Å². The highest BCUT2D eigenvalue weighted by atomic mass is 35.5. The molecular formula is C17H25ClN2O2. The van der Waals surface area contributed by atoms with Crippen LogP contribution in [0.15, 0.2) is 24.3 Å². The van der Waals surface area contributed by atoms with Crippen LogP contribution in [0.25, 0.3) is 0 Å². The first-order valence-corrected chi connectivity index (χ1v) is 8.07. The minimum Gasteiger partial charge on any atom is -0.490 e. The highest BCUT2D eigenvalue weighted by Crippen LogP contribution is 2.27. The molecule has 22 heavy (non-hydrogen) atoms. The number of amides is 1. The molecule has 3 rings (SSSR count). The smallest absolute Gasteiger partial charge is 0.238 e.